The van der Waals surface area contributed by atoms with Gasteiger partial charge in [-0.25, -0.2) is 0 Å². The molecule has 3 heteroatoms. The van der Waals surface area contributed by atoms with E-state index in [1.807, 2.05) is 11.7 Å². The van der Waals surface area contributed by atoms with Gasteiger partial charge in [0.05, 0.1) is 5.69 Å². The monoisotopic (exact) mass is 259 g/mol. The van der Waals surface area contributed by atoms with Crippen molar-refractivity contribution in [2.45, 2.75) is 57.8 Å². The Bertz CT molecular complexity index is 507. The highest BCUT2D eigenvalue weighted by molar-refractivity contribution is 5.36. The second kappa shape index (κ2) is 3.18. The van der Waals surface area contributed by atoms with E-state index in [1.54, 1.807) is 0 Å². The number of aromatic nitrogens is 2. The summed E-state index contributed by atoms with van der Waals surface area (Å²) in [4.78, 5) is 0. The molecule has 0 aliphatic heterocycles. The Balaban J connectivity index is 1.82. The van der Waals surface area contributed by atoms with Gasteiger partial charge in [0.25, 0.3) is 0 Å². The molecule has 4 saturated carbocycles. The molecule has 4 bridgehead atoms. The van der Waals surface area contributed by atoms with Crippen molar-refractivity contribution in [3.05, 3.63) is 11.8 Å². The highest BCUT2D eigenvalue weighted by Gasteiger charge is 2.61. The first-order valence-electron chi connectivity index (χ1n) is 7.62. The SMILES string of the molecule is Cn1nc(C23CC4CC(C)(CC(C)(C4)C2)C3)cc1N. The van der Waals surface area contributed by atoms with E-state index in [-0.39, 0.29) is 0 Å². The van der Waals surface area contributed by atoms with Gasteiger partial charge in [0.1, 0.15) is 5.82 Å². The van der Waals surface area contributed by atoms with E-state index >= 15 is 0 Å². The average Bonchev–Trinajstić information content (AvgIpc) is 2.54. The third kappa shape index (κ3) is 1.53. The predicted molar refractivity (Wildman–Crippen MR) is 76.7 cm³/mol. The van der Waals surface area contributed by atoms with Crippen molar-refractivity contribution in [3.8, 4) is 0 Å². The second-order valence-electron chi connectivity index (χ2n) is 8.49. The molecule has 0 aromatic carbocycles. The van der Waals surface area contributed by atoms with Crippen LogP contribution in [0.5, 0.6) is 0 Å². The van der Waals surface area contributed by atoms with Crippen LogP contribution in [0, 0.1) is 16.7 Å². The Hall–Kier alpha value is -0.990. The van der Waals surface area contributed by atoms with Crippen LogP contribution in [0.1, 0.15) is 58.1 Å². The first-order chi connectivity index (χ1) is 8.82. The molecule has 0 saturated heterocycles. The quantitative estimate of drug-likeness (QED) is 0.841. The molecule has 3 nitrogen and oxygen atoms in total. The highest BCUT2D eigenvalue weighted by atomic mass is 15.3. The van der Waals surface area contributed by atoms with Crippen LogP contribution >= 0.6 is 0 Å². The number of hydrogen-bond acceptors (Lipinski definition) is 2. The van der Waals surface area contributed by atoms with Crippen LogP contribution in [0.25, 0.3) is 0 Å². The largest absolute Gasteiger partial charge is 0.384 e. The fourth-order valence-corrected chi connectivity index (χ4v) is 6.47. The van der Waals surface area contributed by atoms with Crippen LogP contribution in [0.3, 0.4) is 0 Å². The van der Waals surface area contributed by atoms with Crippen molar-refractivity contribution >= 4 is 5.82 Å². The third-order valence-corrected chi connectivity index (χ3v) is 6.09. The summed E-state index contributed by atoms with van der Waals surface area (Å²) in [7, 11) is 1.96. The van der Waals surface area contributed by atoms with Gasteiger partial charge in [0.15, 0.2) is 0 Å². The molecule has 1 aromatic rings. The molecule has 5 rings (SSSR count). The van der Waals surface area contributed by atoms with E-state index in [2.05, 4.69) is 19.9 Å². The van der Waals surface area contributed by atoms with Crippen LogP contribution in [-0.4, -0.2) is 9.78 Å². The number of nitrogen functional groups attached to an aromatic ring is 1. The molecule has 104 valence electrons. The fraction of sp³-hybridized carbons (Fsp3) is 0.812. The molecule has 4 aliphatic rings. The van der Waals surface area contributed by atoms with Gasteiger partial charge >= 0.3 is 0 Å². The maximum Gasteiger partial charge on any atom is 0.121 e. The smallest absolute Gasteiger partial charge is 0.121 e. The summed E-state index contributed by atoms with van der Waals surface area (Å²) in [5, 5.41) is 4.75. The number of aryl methyl sites for hydroxylation is 1. The summed E-state index contributed by atoms with van der Waals surface area (Å²) in [6.45, 7) is 5.02. The standard InChI is InChI=1S/C16H25N3/c1-14-5-11-6-15(2,8-14)10-16(7-11,9-14)12-4-13(17)19(3)18-12/h4,11H,5-10,17H2,1-3H3. The summed E-state index contributed by atoms with van der Waals surface area (Å²) in [6, 6.07) is 2.14. The van der Waals surface area contributed by atoms with Crippen LogP contribution < -0.4 is 5.73 Å². The molecule has 2 atom stereocenters. The summed E-state index contributed by atoms with van der Waals surface area (Å²) in [5.74, 6) is 1.72. The van der Waals surface area contributed by atoms with Crippen LogP contribution in [0.2, 0.25) is 0 Å². The molecule has 0 spiro atoms. The molecular weight excluding hydrogens is 234 g/mol. The molecular formula is C16H25N3. The van der Waals surface area contributed by atoms with Crippen molar-refractivity contribution in [1.82, 2.24) is 9.78 Å². The number of nitrogens with zero attached hydrogens (tertiary/aromatic N) is 2. The lowest BCUT2D eigenvalue weighted by Crippen LogP contribution is -2.57. The minimum absolute atomic E-state index is 0.318. The molecule has 0 amide bonds. The summed E-state index contributed by atoms with van der Waals surface area (Å²) in [5.41, 5.74) is 8.70. The van der Waals surface area contributed by atoms with E-state index in [9.17, 15) is 0 Å². The molecule has 1 heterocycles. The third-order valence-electron chi connectivity index (χ3n) is 6.09. The number of hydrogen-bond donors (Lipinski definition) is 1. The van der Waals surface area contributed by atoms with Gasteiger partial charge in [-0.1, -0.05) is 13.8 Å². The lowest BCUT2D eigenvalue weighted by Gasteiger charge is -2.65. The predicted octanol–water partition coefficient (Wildman–Crippen LogP) is 3.25. The summed E-state index contributed by atoms with van der Waals surface area (Å²) in [6.07, 6.45) is 8.28. The van der Waals surface area contributed by atoms with Crippen molar-refractivity contribution in [2.24, 2.45) is 23.8 Å². The lowest BCUT2D eigenvalue weighted by molar-refractivity contribution is -0.111. The number of anilines is 1. The first-order valence-corrected chi connectivity index (χ1v) is 7.62. The number of nitrogens with two attached hydrogens (primary N) is 1. The molecule has 2 unspecified atom stereocenters. The number of rotatable bonds is 1. The molecule has 4 aliphatic carbocycles. The maximum atomic E-state index is 6.03. The van der Waals surface area contributed by atoms with Gasteiger partial charge in [-0.05, 0) is 55.3 Å². The van der Waals surface area contributed by atoms with E-state index < -0.39 is 0 Å². The zero-order valence-electron chi connectivity index (χ0n) is 12.4. The second-order valence-corrected chi connectivity index (χ2v) is 8.49. The van der Waals surface area contributed by atoms with Crippen LogP contribution in [0.15, 0.2) is 6.07 Å². The van der Waals surface area contributed by atoms with Crippen molar-refractivity contribution in [1.29, 1.82) is 0 Å². The molecule has 0 radical (unpaired) electrons. The first kappa shape index (κ1) is 11.8. The zero-order chi connectivity index (χ0) is 13.5. The zero-order valence-corrected chi connectivity index (χ0v) is 12.4. The van der Waals surface area contributed by atoms with Crippen molar-refractivity contribution in [3.63, 3.8) is 0 Å². The van der Waals surface area contributed by atoms with Gasteiger partial charge in [0, 0.05) is 18.5 Å². The topological polar surface area (TPSA) is 43.8 Å². The molecule has 19 heavy (non-hydrogen) atoms. The van der Waals surface area contributed by atoms with Gasteiger partial charge in [0.2, 0.25) is 0 Å². The lowest BCUT2D eigenvalue weighted by atomic mass is 9.40. The van der Waals surface area contributed by atoms with E-state index in [4.69, 9.17) is 10.8 Å². The van der Waals surface area contributed by atoms with Crippen LogP contribution in [-0.2, 0) is 12.5 Å². The Kier molecular flexibility index (Phi) is 1.98. The fourth-order valence-electron chi connectivity index (χ4n) is 6.47. The average molecular weight is 259 g/mol. The Morgan fingerprint density at radius 3 is 2.26 bits per heavy atom. The van der Waals surface area contributed by atoms with Crippen LogP contribution in [0.4, 0.5) is 5.82 Å². The van der Waals surface area contributed by atoms with E-state index in [0.717, 1.165) is 11.7 Å². The summed E-state index contributed by atoms with van der Waals surface area (Å²) >= 11 is 0. The van der Waals surface area contributed by atoms with E-state index in [1.165, 1.54) is 44.2 Å². The van der Waals surface area contributed by atoms with Gasteiger partial charge in [-0.15, -0.1) is 0 Å². The van der Waals surface area contributed by atoms with Crippen molar-refractivity contribution in [2.75, 3.05) is 5.73 Å². The Labute approximate surface area is 115 Å². The highest BCUT2D eigenvalue weighted by Crippen LogP contribution is 2.69. The van der Waals surface area contributed by atoms with E-state index in [0.29, 0.717) is 16.2 Å². The van der Waals surface area contributed by atoms with Gasteiger partial charge in [-0.3, -0.25) is 4.68 Å². The Morgan fingerprint density at radius 1 is 1.16 bits per heavy atom. The normalized spacial score (nSPS) is 47.8. The van der Waals surface area contributed by atoms with Gasteiger partial charge < -0.3 is 5.73 Å². The minimum atomic E-state index is 0.318. The molecule has 4 fully saturated rings. The summed E-state index contributed by atoms with van der Waals surface area (Å²) < 4.78 is 1.85. The molecule has 1 aromatic heterocycles. The van der Waals surface area contributed by atoms with Gasteiger partial charge in [-0.2, -0.15) is 5.10 Å². The maximum absolute atomic E-state index is 6.03. The van der Waals surface area contributed by atoms with Crippen molar-refractivity contribution < 1.29 is 0 Å². The Morgan fingerprint density at radius 2 is 1.79 bits per heavy atom. The minimum Gasteiger partial charge on any atom is -0.384 e. The molecule has 2 N–H and O–H groups in total.